The Morgan fingerprint density at radius 1 is 1.22 bits per heavy atom. The number of ketones is 1. The van der Waals surface area contributed by atoms with Gasteiger partial charge in [0, 0.05) is 30.6 Å². The van der Waals surface area contributed by atoms with E-state index in [1.54, 1.807) is 25.2 Å². The largest absolute Gasteiger partial charge is 0.392 e. The van der Waals surface area contributed by atoms with E-state index in [0.717, 1.165) is 35.5 Å². The Labute approximate surface area is 223 Å². The van der Waals surface area contributed by atoms with Crippen LogP contribution in [0.15, 0.2) is 11.0 Å². The van der Waals surface area contributed by atoms with Crippen molar-refractivity contribution in [1.29, 1.82) is 0 Å². The van der Waals surface area contributed by atoms with Crippen molar-refractivity contribution in [3.05, 3.63) is 21.7 Å². The molecule has 0 radical (unpaired) electrons. The number of fused-ring (bicyclic) bond motifs is 2. The van der Waals surface area contributed by atoms with Crippen LogP contribution in [0.1, 0.15) is 83.8 Å². The van der Waals surface area contributed by atoms with Gasteiger partial charge in [-0.2, -0.15) is 0 Å². The highest BCUT2D eigenvalue weighted by Crippen LogP contribution is 2.45. The molecule has 37 heavy (non-hydrogen) atoms. The van der Waals surface area contributed by atoms with Crippen LogP contribution in [0.2, 0.25) is 0 Å². The summed E-state index contributed by atoms with van der Waals surface area (Å²) >= 11 is 1.58. The van der Waals surface area contributed by atoms with Crippen LogP contribution >= 0.6 is 11.3 Å². The number of nitrogens with one attached hydrogen (secondary N) is 2. The maximum Gasteiger partial charge on any atom is 0.222 e. The van der Waals surface area contributed by atoms with E-state index < -0.39 is 23.5 Å². The average Bonchev–Trinajstić information content (AvgIpc) is 3.10. The molecule has 0 bridgehead atoms. The van der Waals surface area contributed by atoms with Gasteiger partial charge >= 0.3 is 0 Å². The third kappa shape index (κ3) is 5.99. The Morgan fingerprint density at radius 3 is 2.62 bits per heavy atom. The van der Waals surface area contributed by atoms with E-state index in [4.69, 9.17) is 4.74 Å². The van der Waals surface area contributed by atoms with E-state index in [-0.39, 0.29) is 54.1 Å². The zero-order valence-corrected chi connectivity index (χ0v) is 23.6. The molecule has 8 atom stereocenters. The molecule has 0 aliphatic carbocycles. The van der Waals surface area contributed by atoms with Crippen LogP contribution in [-0.4, -0.2) is 57.6 Å². The van der Waals surface area contributed by atoms with Gasteiger partial charge in [-0.15, -0.1) is 11.3 Å². The van der Waals surface area contributed by atoms with Crippen LogP contribution in [0.5, 0.6) is 0 Å². The average molecular weight is 532 g/mol. The van der Waals surface area contributed by atoms with Crippen LogP contribution in [0.3, 0.4) is 0 Å². The van der Waals surface area contributed by atoms with E-state index in [1.807, 2.05) is 32.2 Å². The summed E-state index contributed by atoms with van der Waals surface area (Å²) in [4.78, 5) is 43.9. The third-order valence-electron chi connectivity index (χ3n) is 8.81. The summed E-state index contributed by atoms with van der Waals surface area (Å²) in [6.07, 6.45) is 4.37. The first kappa shape index (κ1) is 27.9. The first-order valence-electron chi connectivity index (χ1n) is 13.4. The Kier molecular flexibility index (Phi) is 7.98. The maximum atomic E-state index is 13.6. The van der Waals surface area contributed by atoms with Gasteiger partial charge in [-0.3, -0.25) is 14.4 Å². The minimum atomic E-state index is -1.05. The molecule has 9 heteroatoms. The SMILES string of the molecule is C/C(=C\c1csc(C)n1)[C@@H]1C[C@@H]2O[C@]2(C)CCC[C@H](C)[C@H](O)[C@@H](C)C(=O)[C@]2(C)CC(=O)N[C@@H]2CC(=O)N1. The standard InChI is InChI=1S/C28H41N3O5S/c1-15-8-7-9-28(6)22(36-28)11-20(16(2)10-19-14-37-18(4)29-19)30-23(32)12-21-27(5,13-24(33)31-21)26(35)17(3)25(15)34/h10,14-15,17,20-22,25,34H,7-9,11-13H2,1-6H3,(H,30,32)(H,31,33)/b16-10+/t15-,17+,20-,21+,22-,25-,27+,28+/m0/s1. The fourth-order valence-electron chi connectivity index (χ4n) is 6.11. The molecule has 2 amide bonds. The Bertz CT molecular complexity index is 1090. The lowest BCUT2D eigenvalue weighted by Crippen LogP contribution is -2.49. The van der Waals surface area contributed by atoms with Gasteiger partial charge in [0.25, 0.3) is 0 Å². The number of carbonyl (C=O) groups is 3. The molecule has 3 saturated heterocycles. The summed E-state index contributed by atoms with van der Waals surface area (Å²) in [5.41, 5.74) is 0.533. The lowest BCUT2D eigenvalue weighted by molar-refractivity contribution is -0.138. The number of hydrogen-bond donors (Lipinski definition) is 3. The molecule has 4 rings (SSSR count). The summed E-state index contributed by atoms with van der Waals surface area (Å²) in [6.45, 7) is 11.5. The van der Waals surface area contributed by atoms with Crippen molar-refractivity contribution in [3.8, 4) is 0 Å². The summed E-state index contributed by atoms with van der Waals surface area (Å²) in [5.74, 6) is -1.34. The van der Waals surface area contributed by atoms with Gasteiger partial charge < -0.3 is 20.5 Å². The molecule has 3 aliphatic heterocycles. The van der Waals surface area contributed by atoms with Crippen molar-refractivity contribution >= 4 is 35.0 Å². The molecular weight excluding hydrogens is 490 g/mol. The summed E-state index contributed by atoms with van der Waals surface area (Å²) < 4.78 is 6.13. The van der Waals surface area contributed by atoms with Crippen LogP contribution in [-0.2, 0) is 19.1 Å². The van der Waals surface area contributed by atoms with Crippen molar-refractivity contribution in [2.24, 2.45) is 17.3 Å². The van der Waals surface area contributed by atoms with Crippen LogP contribution < -0.4 is 10.6 Å². The van der Waals surface area contributed by atoms with Crippen molar-refractivity contribution in [1.82, 2.24) is 15.6 Å². The molecule has 204 valence electrons. The molecule has 0 unspecified atom stereocenters. The second-order valence-corrected chi connectivity index (χ2v) is 12.9. The molecule has 0 spiro atoms. The predicted octanol–water partition coefficient (Wildman–Crippen LogP) is 3.56. The number of nitrogens with zero attached hydrogens (tertiary/aromatic N) is 1. The molecule has 3 aliphatic rings. The number of aryl methyl sites for hydroxylation is 1. The molecule has 3 fully saturated rings. The molecule has 1 aromatic heterocycles. The van der Waals surface area contributed by atoms with Crippen molar-refractivity contribution in [2.45, 2.75) is 110 Å². The summed E-state index contributed by atoms with van der Waals surface area (Å²) in [6, 6.07) is -0.883. The number of aliphatic hydroxyl groups is 1. The second kappa shape index (κ2) is 10.6. The topological polar surface area (TPSA) is 121 Å². The summed E-state index contributed by atoms with van der Waals surface area (Å²) in [7, 11) is 0. The number of thiazole rings is 1. The van der Waals surface area contributed by atoms with Gasteiger partial charge in [0.1, 0.15) is 5.78 Å². The van der Waals surface area contributed by atoms with Crippen molar-refractivity contribution in [2.75, 3.05) is 0 Å². The van der Waals surface area contributed by atoms with Crippen molar-refractivity contribution < 1.29 is 24.2 Å². The first-order chi connectivity index (χ1) is 17.3. The monoisotopic (exact) mass is 531 g/mol. The molecule has 0 saturated carbocycles. The van der Waals surface area contributed by atoms with Crippen LogP contribution in [0.25, 0.3) is 6.08 Å². The number of rotatable bonds is 2. The van der Waals surface area contributed by atoms with Crippen molar-refractivity contribution in [3.63, 3.8) is 0 Å². The van der Waals surface area contributed by atoms with E-state index in [0.29, 0.717) is 6.42 Å². The first-order valence-corrected chi connectivity index (χ1v) is 14.3. The zero-order valence-electron chi connectivity index (χ0n) is 22.8. The van der Waals surface area contributed by atoms with Crippen LogP contribution in [0.4, 0.5) is 0 Å². The fraction of sp³-hybridized carbons (Fsp3) is 0.714. The highest BCUT2D eigenvalue weighted by Gasteiger charge is 2.54. The summed E-state index contributed by atoms with van der Waals surface area (Å²) in [5, 5.41) is 20.0. The number of amides is 2. The lowest BCUT2D eigenvalue weighted by atomic mass is 9.70. The van der Waals surface area contributed by atoms with Gasteiger partial charge in [0.2, 0.25) is 11.8 Å². The molecular formula is C28H41N3O5S. The van der Waals surface area contributed by atoms with Gasteiger partial charge in [0.15, 0.2) is 0 Å². The number of epoxide rings is 1. The van der Waals surface area contributed by atoms with Gasteiger partial charge in [-0.25, -0.2) is 4.98 Å². The number of hydrogen-bond acceptors (Lipinski definition) is 7. The smallest absolute Gasteiger partial charge is 0.222 e. The zero-order chi connectivity index (χ0) is 27.1. The highest BCUT2D eigenvalue weighted by molar-refractivity contribution is 7.09. The van der Waals surface area contributed by atoms with E-state index in [2.05, 4.69) is 22.5 Å². The molecule has 1 aromatic rings. The van der Waals surface area contributed by atoms with E-state index >= 15 is 0 Å². The lowest BCUT2D eigenvalue weighted by Gasteiger charge is -2.34. The Morgan fingerprint density at radius 2 is 1.95 bits per heavy atom. The number of aliphatic hydroxyl groups excluding tert-OH is 1. The second-order valence-electron chi connectivity index (χ2n) is 11.9. The number of Topliss-reactive ketones (excluding diaryl/α,β-unsaturated/α-hetero) is 1. The van der Waals surface area contributed by atoms with E-state index in [1.165, 1.54) is 0 Å². The van der Waals surface area contributed by atoms with Gasteiger partial charge in [0.05, 0.1) is 46.0 Å². The Balaban J connectivity index is 1.61. The third-order valence-corrected chi connectivity index (χ3v) is 9.60. The van der Waals surface area contributed by atoms with Gasteiger partial charge in [-0.05, 0) is 51.2 Å². The minimum absolute atomic E-state index is 0.00523. The normalized spacial score (nSPS) is 40.0. The Hall–Kier alpha value is -2.10. The molecule has 3 N–H and O–H groups in total. The van der Waals surface area contributed by atoms with Crippen LogP contribution in [0, 0.1) is 24.2 Å². The van der Waals surface area contributed by atoms with E-state index in [9.17, 15) is 19.5 Å². The highest BCUT2D eigenvalue weighted by atomic mass is 32.1. The molecule has 4 heterocycles. The van der Waals surface area contributed by atoms with Gasteiger partial charge in [-0.1, -0.05) is 27.2 Å². The predicted molar refractivity (Wildman–Crippen MR) is 143 cm³/mol. The fourth-order valence-corrected chi connectivity index (χ4v) is 6.68. The quantitative estimate of drug-likeness (QED) is 0.502. The number of carbonyl (C=O) groups excluding carboxylic acids is 3. The number of ether oxygens (including phenoxy) is 1. The molecule has 0 aromatic carbocycles. The maximum absolute atomic E-state index is 13.6. The number of aromatic nitrogens is 1. The molecule has 8 nitrogen and oxygen atoms in total. The minimum Gasteiger partial charge on any atom is -0.392 e.